The quantitative estimate of drug-likeness (QED) is 0.561. The van der Waals surface area contributed by atoms with E-state index in [1.54, 1.807) is 0 Å². The largest absolute Gasteiger partial charge is 0.376 e. The van der Waals surface area contributed by atoms with Gasteiger partial charge in [-0.15, -0.1) is 0 Å². The van der Waals surface area contributed by atoms with Gasteiger partial charge in [0.2, 0.25) is 0 Å². The zero-order chi connectivity index (χ0) is 7.78. The fourth-order valence-electron chi connectivity index (χ4n) is 0.964. The molecule has 1 aliphatic carbocycles. The van der Waals surface area contributed by atoms with Gasteiger partial charge in [0.05, 0.1) is 0 Å². The van der Waals surface area contributed by atoms with Crippen LogP contribution in [0.2, 0.25) is 0 Å². The van der Waals surface area contributed by atoms with Gasteiger partial charge in [-0.1, -0.05) is 0 Å². The molecule has 1 fully saturated rings. The van der Waals surface area contributed by atoms with Crippen LogP contribution in [-0.4, -0.2) is 17.1 Å². The van der Waals surface area contributed by atoms with Gasteiger partial charge < -0.3 is 11.1 Å². The highest BCUT2D eigenvalue weighted by Crippen LogP contribution is 2.37. The molecule has 0 aromatic rings. The zero-order valence-corrected chi connectivity index (χ0v) is 6.05. The smallest absolute Gasteiger partial charge is 0.252 e. The lowest BCUT2D eigenvalue weighted by atomic mass is 9.88. The fourth-order valence-corrected chi connectivity index (χ4v) is 1.13. The number of nitrogens with two attached hydrogens (primary N) is 1. The first kappa shape index (κ1) is 7.65. The molecule has 0 heterocycles. The Labute approximate surface area is 62.8 Å². The van der Waals surface area contributed by atoms with E-state index in [1.807, 2.05) is 0 Å². The molecule has 0 saturated heterocycles. The first-order valence-corrected chi connectivity index (χ1v) is 3.34. The van der Waals surface area contributed by atoms with Crippen LogP contribution in [0.25, 0.3) is 0 Å². The number of thiocarbonyl (C=S) groups is 1. The summed E-state index contributed by atoms with van der Waals surface area (Å²) in [7, 11) is 0. The minimum atomic E-state index is -2.50. The molecule has 1 aliphatic rings. The molecule has 0 aromatic carbocycles. The van der Waals surface area contributed by atoms with Gasteiger partial charge in [0.1, 0.15) is 0 Å². The lowest BCUT2D eigenvalue weighted by Gasteiger charge is -2.35. The van der Waals surface area contributed by atoms with Crippen molar-refractivity contribution in [3.63, 3.8) is 0 Å². The van der Waals surface area contributed by atoms with Gasteiger partial charge >= 0.3 is 0 Å². The van der Waals surface area contributed by atoms with Crippen LogP contribution in [-0.2, 0) is 0 Å². The first-order valence-electron chi connectivity index (χ1n) is 2.93. The number of halogens is 2. The van der Waals surface area contributed by atoms with E-state index >= 15 is 0 Å². The second kappa shape index (κ2) is 2.30. The lowest BCUT2D eigenvalue weighted by Crippen LogP contribution is -2.51. The van der Waals surface area contributed by atoms with Crippen molar-refractivity contribution in [2.75, 3.05) is 0 Å². The van der Waals surface area contributed by atoms with Crippen LogP contribution in [0.1, 0.15) is 12.8 Å². The van der Waals surface area contributed by atoms with Crippen molar-refractivity contribution in [2.45, 2.75) is 24.8 Å². The summed E-state index contributed by atoms with van der Waals surface area (Å²) < 4.78 is 24.2. The van der Waals surface area contributed by atoms with E-state index < -0.39 is 5.92 Å². The van der Waals surface area contributed by atoms with Crippen molar-refractivity contribution < 1.29 is 8.78 Å². The average Bonchev–Trinajstić information content (AvgIpc) is 1.57. The summed E-state index contributed by atoms with van der Waals surface area (Å²) in [6.07, 6.45) is -0.297. The second-order valence-electron chi connectivity index (χ2n) is 2.47. The van der Waals surface area contributed by atoms with Gasteiger partial charge in [-0.25, -0.2) is 8.78 Å². The third kappa shape index (κ3) is 1.76. The van der Waals surface area contributed by atoms with Crippen molar-refractivity contribution >= 4 is 17.3 Å². The number of nitrogens with one attached hydrogen (secondary N) is 1. The van der Waals surface area contributed by atoms with Crippen LogP contribution >= 0.6 is 12.2 Å². The molecule has 2 nitrogen and oxygen atoms in total. The summed E-state index contributed by atoms with van der Waals surface area (Å²) in [5.74, 6) is -2.50. The molecule has 1 saturated carbocycles. The topological polar surface area (TPSA) is 38.0 Å². The van der Waals surface area contributed by atoms with Crippen molar-refractivity contribution in [1.82, 2.24) is 5.32 Å². The highest BCUT2D eigenvalue weighted by Gasteiger charge is 2.45. The molecule has 0 aromatic heterocycles. The number of hydrogen-bond donors (Lipinski definition) is 2. The molecule has 0 unspecified atom stereocenters. The van der Waals surface area contributed by atoms with Gasteiger partial charge in [0.15, 0.2) is 5.11 Å². The third-order valence-electron chi connectivity index (χ3n) is 1.44. The Balaban J connectivity index is 2.21. The molecule has 0 atom stereocenters. The van der Waals surface area contributed by atoms with Crippen LogP contribution in [0.3, 0.4) is 0 Å². The van der Waals surface area contributed by atoms with Gasteiger partial charge in [-0.05, 0) is 12.2 Å². The summed E-state index contributed by atoms with van der Waals surface area (Å²) in [5.41, 5.74) is 5.07. The molecule has 0 aliphatic heterocycles. The van der Waals surface area contributed by atoms with Crippen LogP contribution in [0.15, 0.2) is 0 Å². The Hall–Kier alpha value is -0.450. The Bertz CT molecular complexity index is 152. The Morgan fingerprint density at radius 1 is 1.60 bits per heavy atom. The highest BCUT2D eigenvalue weighted by atomic mass is 32.1. The highest BCUT2D eigenvalue weighted by molar-refractivity contribution is 7.80. The van der Waals surface area contributed by atoms with Gasteiger partial charge in [-0.3, -0.25) is 0 Å². The minimum absolute atomic E-state index is 0.0977. The predicted octanol–water partition coefficient (Wildman–Crippen LogP) is 0.617. The van der Waals surface area contributed by atoms with E-state index in [0.29, 0.717) is 0 Å². The Kier molecular flexibility index (Phi) is 1.76. The summed E-state index contributed by atoms with van der Waals surface area (Å²) in [5, 5.41) is 2.66. The van der Waals surface area contributed by atoms with Gasteiger partial charge in [0.25, 0.3) is 5.92 Å². The minimum Gasteiger partial charge on any atom is -0.376 e. The number of rotatable bonds is 1. The maximum absolute atomic E-state index is 12.1. The molecular formula is C5H8F2N2S. The number of hydrogen-bond acceptors (Lipinski definition) is 1. The zero-order valence-electron chi connectivity index (χ0n) is 5.23. The molecule has 3 N–H and O–H groups in total. The summed E-state index contributed by atoms with van der Waals surface area (Å²) in [6.45, 7) is 0. The number of alkyl halides is 2. The molecule has 0 spiro atoms. The predicted molar refractivity (Wildman–Crippen MR) is 37.9 cm³/mol. The van der Waals surface area contributed by atoms with Crippen molar-refractivity contribution in [1.29, 1.82) is 0 Å². The van der Waals surface area contributed by atoms with Crippen LogP contribution in [0.5, 0.6) is 0 Å². The van der Waals surface area contributed by atoms with E-state index in [9.17, 15) is 8.78 Å². The Morgan fingerprint density at radius 3 is 2.40 bits per heavy atom. The van der Waals surface area contributed by atoms with E-state index in [-0.39, 0.29) is 24.0 Å². The second-order valence-corrected chi connectivity index (χ2v) is 2.91. The summed E-state index contributed by atoms with van der Waals surface area (Å²) in [4.78, 5) is 0. The first-order chi connectivity index (χ1) is 4.49. The van der Waals surface area contributed by atoms with E-state index in [2.05, 4.69) is 17.5 Å². The lowest BCUT2D eigenvalue weighted by molar-refractivity contribution is -0.0885. The van der Waals surface area contributed by atoms with E-state index in [0.717, 1.165) is 0 Å². The van der Waals surface area contributed by atoms with Crippen molar-refractivity contribution in [3.05, 3.63) is 0 Å². The third-order valence-corrected chi connectivity index (χ3v) is 1.55. The average molecular weight is 166 g/mol. The summed E-state index contributed by atoms with van der Waals surface area (Å²) in [6, 6.07) is -0.215. The van der Waals surface area contributed by atoms with Crippen molar-refractivity contribution in [2.24, 2.45) is 5.73 Å². The van der Waals surface area contributed by atoms with E-state index in [1.165, 1.54) is 0 Å². The molecule has 0 bridgehead atoms. The SMILES string of the molecule is NC(=S)NC1CC(F)(F)C1. The monoisotopic (exact) mass is 166 g/mol. The standard InChI is InChI=1S/C5H8F2N2S/c6-5(7)1-3(2-5)9-4(8)10/h3H,1-2H2,(H3,8,9,10). The normalized spacial score (nSPS) is 23.4. The molecule has 0 amide bonds. The molecule has 0 radical (unpaired) electrons. The Morgan fingerprint density at radius 2 is 2.10 bits per heavy atom. The van der Waals surface area contributed by atoms with Gasteiger partial charge in [-0.2, -0.15) is 0 Å². The maximum Gasteiger partial charge on any atom is 0.252 e. The fraction of sp³-hybridized carbons (Fsp3) is 0.800. The maximum atomic E-state index is 12.1. The van der Waals surface area contributed by atoms with Crippen molar-refractivity contribution in [3.8, 4) is 0 Å². The van der Waals surface area contributed by atoms with Gasteiger partial charge in [0, 0.05) is 18.9 Å². The molecule has 10 heavy (non-hydrogen) atoms. The molecule has 58 valence electrons. The van der Waals surface area contributed by atoms with E-state index in [4.69, 9.17) is 5.73 Å². The molecular weight excluding hydrogens is 158 g/mol. The van der Waals surface area contributed by atoms with Crippen LogP contribution < -0.4 is 11.1 Å². The van der Waals surface area contributed by atoms with Crippen LogP contribution in [0.4, 0.5) is 8.78 Å². The molecule has 5 heteroatoms. The molecule has 1 rings (SSSR count). The summed E-state index contributed by atoms with van der Waals surface area (Å²) >= 11 is 4.47. The van der Waals surface area contributed by atoms with Crippen LogP contribution in [0, 0.1) is 0 Å².